The molecule has 8 heteroatoms. The molecule has 2 N–H and O–H groups in total. The lowest BCUT2D eigenvalue weighted by atomic mass is 10.1. The van der Waals surface area contributed by atoms with E-state index in [0.29, 0.717) is 5.56 Å². The third-order valence-electron chi connectivity index (χ3n) is 2.27. The van der Waals surface area contributed by atoms with E-state index in [-0.39, 0.29) is 0 Å². The van der Waals surface area contributed by atoms with Gasteiger partial charge in [-0.05, 0) is 11.4 Å². The molecule has 1 heterocycles. The number of rotatable bonds is 7. The number of hydrogen-bond acceptors (Lipinski definition) is 6. The molecule has 0 aliphatic rings. The average molecular weight is 299 g/mol. The summed E-state index contributed by atoms with van der Waals surface area (Å²) in [6.07, 6.45) is -0.573. The number of nitrogens with one attached hydrogen (secondary N) is 1. The van der Waals surface area contributed by atoms with Crippen molar-refractivity contribution in [2.75, 3.05) is 6.61 Å². The van der Waals surface area contributed by atoms with Gasteiger partial charge in [-0.3, -0.25) is 19.2 Å². The molecule has 0 saturated carbocycles. The summed E-state index contributed by atoms with van der Waals surface area (Å²) < 4.78 is 4.51. The normalized spacial score (nSPS) is 11.4. The van der Waals surface area contributed by atoms with E-state index in [2.05, 4.69) is 10.1 Å². The third-order valence-corrected chi connectivity index (χ3v) is 2.96. The summed E-state index contributed by atoms with van der Waals surface area (Å²) >= 11 is 1.30. The predicted octanol–water partition coefficient (Wildman–Crippen LogP) is 0.453. The Kier molecular flexibility index (Phi) is 5.85. The fourth-order valence-corrected chi connectivity index (χ4v) is 1.96. The first-order valence-electron chi connectivity index (χ1n) is 5.61. The summed E-state index contributed by atoms with van der Waals surface area (Å²) in [5.74, 6) is -3.12. The average Bonchev–Trinajstić information content (AvgIpc) is 2.88. The van der Waals surface area contributed by atoms with Crippen LogP contribution in [0.15, 0.2) is 16.8 Å². The van der Waals surface area contributed by atoms with E-state index >= 15 is 0 Å². The lowest BCUT2D eigenvalue weighted by Gasteiger charge is -2.15. The van der Waals surface area contributed by atoms with Gasteiger partial charge in [-0.2, -0.15) is 11.3 Å². The molecule has 1 aromatic rings. The Hall–Kier alpha value is -2.22. The number of carbonyl (C=O) groups excluding carboxylic acids is 3. The van der Waals surface area contributed by atoms with E-state index in [9.17, 15) is 19.2 Å². The van der Waals surface area contributed by atoms with Crippen LogP contribution in [0.25, 0.3) is 0 Å². The molecule has 0 saturated heterocycles. The van der Waals surface area contributed by atoms with Gasteiger partial charge in [0.15, 0.2) is 12.4 Å². The van der Waals surface area contributed by atoms with Crippen LogP contribution >= 0.6 is 11.3 Å². The van der Waals surface area contributed by atoms with Gasteiger partial charge in [-0.25, -0.2) is 0 Å². The van der Waals surface area contributed by atoms with Crippen molar-refractivity contribution in [3.05, 3.63) is 22.4 Å². The molecule has 1 amide bonds. The largest absolute Gasteiger partial charge is 0.481 e. The van der Waals surface area contributed by atoms with E-state index in [4.69, 9.17) is 5.11 Å². The van der Waals surface area contributed by atoms with Crippen molar-refractivity contribution in [1.29, 1.82) is 0 Å². The Morgan fingerprint density at radius 1 is 1.40 bits per heavy atom. The summed E-state index contributed by atoms with van der Waals surface area (Å²) in [5, 5.41) is 14.3. The summed E-state index contributed by atoms with van der Waals surface area (Å²) in [6.45, 7) is 0.556. The third kappa shape index (κ3) is 5.19. The molecule has 0 aliphatic carbocycles. The Balaban J connectivity index is 2.68. The van der Waals surface area contributed by atoms with Crippen LogP contribution in [0.2, 0.25) is 0 Å². The fraction of sp³-hybridized carbons (Fsp3) is 0.333. The van der Waals surface area contributed by atoms with Crippen LogP contribution in [0, 0.1) is 0 Å². The van der Waals surface area contributed by atoms with Crippen LogP contribution in [0.5, 0.6) is 0 Å². The van der Waals surface area contributed by atoms with Gasteiger partial charge in [0.05, 0.1) is 12.0 Å². The van der Waals surface area contributed by atoms with Crippen molar-refractivity contribution in [1.82, 2.24) is 5.32 Å². The number of carbonyl (C=O) groups is 4. The van der Waals surface area contributed by atoms with Crippen molar-refractivity contribution in [3.8, 4) is 0 Å². The van der Waals surface area contributed by atoms with Gasteiger partial charge in [0.1, 0.15) is 6.04 Å². The minimum absolute atomic E-state index is 0.339. The SMILES string of the molecule is CC(=O)OCC(=O)C(CC(=O)O)NC(=O)c1ccsc1. The second kappa shape index (κ2) is 7.39. The Morgan fingerprint density at radius 3 is 2.60 bits per heavy atom. The number of hydrogen-bond donors (Lipinski definition) is 2. The first-order valence-corrected chi connectivity index (χ1v) is 6.55. The van der Waals surface area contributed by atoms with Crippen molar-refractivity contribution >= 4 is 35.0 Å². The monoisotopic (exact) mass is 299 g/mol. The van der Waals surface area contributed by atoms with Crippen LogP contribution in [0.3, 0.4) is 0 Å². The molecular formula is C12H13NO6S. The van der Waals surface area contributed by atoms with E-state index < -0.39 is 42.7 Å². The minimum atomic E-state index is -1.24. The Bertz CT molecular complexity index is 510. The maximum Gasteiger partial charge on any atom is 0.305 e. The number of Topliss-reactive ketones (excluding diaryl/α,β-unsaturated/α-hetero) is 1. The summed E-state index contributed by atoms with van der Waals surface area (Å²) in [7, 11) is 0. The molecule has 0 aromatic carbocycles. The molecule has 0 aliphatic heterocycles. The van der Waals surface area contributed by atoms with E-state index in [1.165, 1.54) is 11.3 Å². The highest BCUT2D eigenvalue weighted by molar-refractivity contribution is 7.08. The van der Waals surface area contributed by atoms with Crippen molar-refractivity contribution in [2.24, 2.45) is 0 Å². The highest BCUT2D eigenvalue weighted by Crippen LogP contribution is 2.07. The molecule has 7 nitrogen and oxygen atoms in total. The highest BCUT2D eigenvalue weighted by Gasteiger charge is 2.24. The molecule has 0 radical (unpaired) electrons. The number of ketones is 1. The Morgan fingerprint density at radius 2 is 2.10 bits per heavy atom. The lowest BCUT2D eigenvalue weighted by Crippen LogP contribution is -2.44. The highest BCUT2D eigenvalue weighted by atomic mass is 32.1. The van der Waals surface area contributed by atoms with Gasteiger partial charge in [-0.1, -0.05) is 0 Å². The van der Waals surface area contributed by atoms with E-state index in [0.717, 1.165) is 6.92 Å². The predicted molar refractivity (Wildman–Crippen MR) is 69.5 cm³/mol. The lowest BCUT2D eigenvalue weighted by molar-refractivity contribution is -0.147. The van der Waals surface area contributed by atoms with Gasteiger partial charge in [0.2, 0.25) is 0 Å². The summed E-state index contributed by atoms with van der Waals surface area (Å²) in [4.78, 5) is 44.9. The van der Waals surface area contributed by atoms with Crippen LogP contribution in [-0.2, 0) is 19.1 Å². The molecule has 0 spiro atoms. The summed E-state index contributed by atoms with van der Waals surface area (Å²) in [6, 6.07) is 0.313. The second-order valence-corrected chi connectivity index (χ2v) is 4.66. The zero-order valence-corrected chi connectivity index (χ0v) is 11.4. The minimum Gasteiger partial charge on any atom is -0.481 e. The zero-order chi connectivity index (χ0) is 15.1. The van der Waals surface area contributed by atoms with Gasteiger partial charge in [0.25, 0.3) is 5.91 Å². The molecule has 20 heavy (non-hydrogen) atoms. The topological polar surface area (TPSA) is 110 Å². The van der Waals surface area contributed by atoms with Gasteiger partial charge >= 0.3 is 11.9 Å². The van der Waals surface area contributed by atoms with E-state index in [1.807, 2.05) is 0 Å². The van der Waals surface area contributed by atoms with Crippen LogP contribution in [0.1, 0.15) is 23.7 Å². The first-order chi connectivity index (χ1) is 9.40. The number of carboxylic acid groups (broad SMARTS) is 1. The maximum absolute atomic E-state index is 11.8. The number of carboxylic acids is 1. The molecule has 0 bridgehead atoms. The standard InChI is InChI=1S/C12H13NO6S/c1-7(14)19-5-10(15)9(4-11(16)17)13-12(18)8-2-3-20-6-8/h2-3,6,9H,4-5H2,1H3,(H,13,18)(H,16,17). The molecule has 0 fully saturated rings. The van der Waals surface area contributed by atoms with Crippen LogP contribution in [0.4, 0.5) is 0 Å². The fourth-order valence-electron chi connectivity index (χ4n) is 1.33. The number of amides is 1. The van der Waals surface area contributed by atoms with E-state index in [1.54, 1.807) is 16.8 Å². The van der Waals surface area contributed by atoms with Gasteiger partial charge in [0, 0.05) is 12.3 Å². The molecule has 1 aromatic heterocycles. The van der Waals surface area contributed by atoms with Gasteiger partial charge in [-0.15, -0.1) is 0 Å². The van der Waals surface area contributed by atoms with Crippen molar-refractivity contribution in [3.63, 3.8) is 0 Å². The number of aliphatic carboxylic acids is 1. The first kappa shape index (κ1) is 15.8. The quantitative estimate of drug-likeness (QED) is 0.707. The maximum atomic E-state index is 11.8. The molecular weight excluding hydrogens is 286 g/mol. The summed E-state index contributed by atoms with van der Waals surface area (Å²) in [5.41, 5.74) is 0.339. The second-order valence-electron chi connectivity index (χ2n) is 3.88. The molecule has 1 unspecified atom stereocenters. The zero-order valence-electron chi connectivity index (χ0n) is 10.6. The van der Waals surface area contributed by atoms with Crippen LogP contribution < -0.4 is 5.32 Å². The number of thiophene rings is 1. The van der Waals surface area contributed by atoms with Crippen LogP contribution in [-0.4, -0.2) is 41.4 Å². The molecule has 108 valence electrons. The smallest absolute Gasteiger partial charge is 0.305 e. The van der Waals surface area contributed by atoms with Gasteiger partial charge < -0.3 is 15.2 Å². The number of ether oxygens (including phenoxy) is 1. The Labute approximate surface area is 118 Å². The molecule has 1 rings (SSSR count). The van der Waals surface area contributed by atoms with Crippen molar-refractivity contribution in [2.45, 2.75) is 19.4 Å². The molecule has 1 atom stereocenters. The number of esters is 1. The van der Waals surface area contributed by atoms with Crippen molar-refractivity contribution < 1.29 is 29.0 Å².